The summed E-state index contributed by atoms with van der Waals surface area (Å²) in [7, 11) is -8.33. The molecule has 0 saturated carbocycles. The van der Waals surface area contributed by atoms with Crippen molar-refractivity contribution in [3.05, 3.63) is 106 Å². The summed E-state index contributed by atoms with van der Waals surface area (Å²) in [5.74, 6) is -1.32. The van der Waals surface area contributed by atoms with Crippen LogP contribution in [0.3, 0.4) is 0 Å². The second-order valence-electron chi connectivity index (χ2n) is 9.57. The van der Waals surface area contributed by atoms with E-state index in [2.05, 4.69) is 14.8 Å². The lowest BCUT2D eigenvalue weighted by Gasteiger charge is -2.31. The third kappa shape index (κ3) is 8.17. The fourth-order valence-corrected chi connectivity index (χ4v) is 7.01. The lowest BCUT2D eigenvalue weighted by atomic mass is 10.2. The topological polar surface area (TPSA) is 134 Å². The number of nitrogens with one attached hydrogen (secondary N) is 3. The molecule has 0 radical (unpaired) electrons. The van der Waals surface area contributed by atoms with Gasteiger partial charge in [-0.05, 0) is 72.8 Å². The second-order valence-corrected chi connectivity index (χ2v) is 13.8. The summed E-state index contributed by atoms with van der Waals surface area (Å²) in [6.07, 6.45) is 0. The molecule has 1 fully saturated rings. The van der Waals surface area contributed by atoms with E-state index in [-0.39, 0.29) is 54.9 Å². The number of hydrogen-bond donors (Lipinski definition) is 3. The smallest absolute Gasteiger partial charge is 0.262 e. The highest BCUT2D eigenvalue weighted by atomic mass is 35.5. The van der Waals surface area contributed by atoms with Crippen LogP contribution in [0.15, 0.2) is 94.7 Å². The van der Waals surface area contributed by atoms with Crippen molar-refractivity contribution in [2.24, 2.45) is 0 Å². The highest BCUT2D eigenvalue weighted by Crippen LogP contribution is 2.33. The Labute approximate surface area is 276 Å². The lowest BCUT2D eigenvalue weighted by Crippen LogP contribution is -3.00. The van der Waals surface area contributed by atoms with Gasteiger partial charge in [-0.2, -0.15) is 0 Å². The molecule has 16 heteroatoms. The molecule has 0 unspecified atom stereocenters. The van der Waals surface area contributed by atoms with Gasteiger partial charge in [0.2, 0.25) is 0 Å². The van der Waals surface area contributed by atoms with Gasteiger partial charge in [0.05, 0.1) is 55.7 Å². The highest BCUT2D eigenvalue weighted by Gasteiger charge is 2.24. The number of rotatable bonds is 9. The Hall–Kier alpha value is -3.59. The standard InChI is InChI=1S/C29H25Cl2FN4O6S2.ClH/c30-24-11-9-21(43(38,39)34-20-7-5-19(32)6-8-20)17-23(24)29(37)33-27-18-22(10-12-28(27)36-13-15-42-16-14-36)44(40,41)35-26-4-2-1-3-25(26)31;/h1-12,17-18,34-35H,13-16H2,(H,33,37);1H/p-1. The first kappa shape index (κ1) is 34.3. The first-order valence-corrected chi connectivity index (χ1v) is 16.8. The van der Waals surface area contributed by atoms with E-state index in [4.69, 9.17) is 27.9 Å². The molecule has 5 rings (SSSR count). The van der Waals surface area contributed by atoms with Crippen LogP contribution in [0.25, 0.3) is 0 Å². The zero-order chi connectivity index (χ0) is 31.5. The Morgan fingerprint density at radius 2 is 1.38 bits per heavy atom. The molecule has 0 atom stereocenters. The number of para-hydroxylation sites is 1. The molecule has 1 aliphatic rings. The third-order valence-electron chi connectivity index (χ3n) is 6.59. The summed E-state index contributed by atoms with van der Waals surface area (Å²) in [4.78, 5) is 15.1. The molecule has 4 aromatic rings. The van der Waals surface area contributed by atoms with Crippen molar-refractivity contribution in [2.45, 2.75) is 9.79 Å². The number of amides is 1. The van der Waals surface area contributed by atoms with Crippen molar-refractivity contribution in [1.82, 2.24) is 0 Å². The van der Waals surface area contributed by atoms with Gasteiger partial charge in [-0.1, -0.05) is 35.3 Å². The van der Waals surface area contributed by atoms with Crippen LogP contribution in [-0.2, 0) is 24.8 Å². The van der Waals surface area contributed by atoms with Crippen LogP contribution in [-0.4, -0.2) is 49.0 Å². The minimum Gasteiger partial charge on any atom is -1.00 e. The Morgan fingerprint density at radius 1 is 0.756 bits per heavy atom. The SMILES string of the molecule is O=C(Nc1cc(S(=O)(=O)Nc2ccccc2Cl)ccc1N1CCOCC1)c1cc(S(=O)(=O)Nc2ccc(F)cc2)ccc1Cl.[Cl-]. The zero-order valence-electron chi connectivity index (χ0n) is 23.1. The van der Waals surface area contributed by atoms with Crippen LogP contribution >= 0.6 is 23.2 Å². The van der Waals surface area contributed by atoms with Crippen LogP contribution in [0.5, 0.6) is 0 Å². The van der Waals surface area contributed by atoms with Gasteiger partial charge in [0.25, 0.3) is 26.0 Å². The Morgan fingerprint density at radius 3 is 2.07 bits per heavy atom. The van der Waals surface area contributed by atoms with E-state index in [1.165, 1.54) is 42.5 Å². The molecular formula is C29H25Cl3FN4O6S2-. The summed E-state index contributed by atoms with van der Waals surface area (Å²) < 4.78 is 76.1. The van der Waals surface area contributed by atoms with E-state index in [1.54, 1.807) is 24.3 Å². The number of anilines is 4. The van der Waals surface area contributed by atoms with E-state index in [0.29, 0.717) is 32.0 Å². The van der Waals surface area contributed by atoms with Crippen molar-refractivity contribution in [3.63, 3.8) is 0 Å². The quantitative estimate of drug-likeness (QED) is 0.243. The highest BCUT2D eigenvalue weighted by molar-refractivity contribution is 7.93. The number of benzene rings is 4. The molecule has 45 heavy (non-hydrogen) atoms. The average molecular weight is 715 g/mol. The lowest BCUT2D eigenvalue weighted by molar-refractivity contribution is -0.0000221. The molecule has 1 aliphatic heterocycles. The van der Waals surface area contributed by atoms with Crippen molar-refractivity contribution in [3.8, 4) is 0 Å². The van der Waals surface area contributed by atoms with E-state index in [0.717, 1.165) is 18.2 Å². The van der Waals surface area contributed by atoms with Crippen LogP contribution in [0, 0.1) is 5.82 Å². The molecule has 238 valence electrons. The number of carbonyl (C=O) groups excluding carboxylic acids is 1. The maximum Gasteiger partial charge on any atom is 0.262 e. The molecule has 4 aromatic carbocycles. The monoisotopic (exact) mass is 713 g/mol. The molecule has 0 spiro atoms. The molecule has 10 nitrogen and oxygen atoms in total. The van der Waals surface area contributed by atoms with Gasteiger partial charge in [0.1, 0.15) is 5.82 Å². The Balaban J connectivity index is 0.00000461. The maximum absolute atomic E-state index is 13.6. The summed E-state index contributed by atoms with van der Waals surface area (Å²) in [6, 6.07) is 18.9. The normalized spacial score (nSPS) is 13.4. The fraction of sp³-hybridized carbons (Fsp3) is 0.138. The Bertz CT molecular complexity index is 1920. The third-order valence-corrected chi connectivity index (χ3v) is 9.99. The number of nitrogens with zero attached hydrogens (tertiary/aromatic N) is 1. The number of halogens is 4. The molecular weight excluding hydrogens is 690 g/mol. The number of ether oxygens (including phenoxy) is 1. The number of carbonyl (C=O) groups is 1. The Kier molecular flexibility index (Phi) is 10.8. The predicted molar refractivity (Wildman–Crippen MR) is 168 cm³/mol. The van der Waals surface area contributed by atoms with Gasteiger partial charge in [0.15, 0.2) is 0 Å². The van der Waals surface area contributed by atoms with E-state index < -0.39 is 31.8 Å². The summed E-state index contributed by atoms with van der Waals surface area (Å²) in [5.41, 5.74) is 0.787. The maximum atomic E-state index is 13.6. The first-order valence-electron chi connectivity index (χ1n) is 13.1. The van der Waals surface area contributed by atoms with Crippen molar-refractivity contribution < 1.29 is 43.2 Å². The van der Waals surface area contributed by atoms with E-state index in [9.17, 15) is 26.0 Å². The first-order chi connectivity index (χ1) is 20.9. The largest absolute Gasteiger partial charge is 1.00 e. The second kappa shape index (κ2) is 14.2. The van der Waals surface area contributed by atoms with Crippen molar-refractivity contribution >= 4 is 71.9 Å². The van der Waals surface area contributed by atoms with Crippen LogP contribution in [0.2, 0.25) is 10.0 Å². The van der Waals surface area contributed by atoms with Crippen LogP contribution in [0.1, 0.15) is 10.4 Å². The van der Waals surface area contributed by atoms with Gasteiger partial charge in [0, 0.05) is 18.8 Å². The van der Waals surface area contributed by atoms with Gasteiger partial charge in [-0.3, -0.25) is 14.2 Å². The average Bonchev–Trinajstić information content (AvgIpc) is 3.00. The molecule has 1 heterocycles. The van der Waals surface area contributed by atoms with Gasteiger partial charge < -0.3 is 27.4 Å². The van der Waals surface area contributed by atoms with E-state index >= 15 is 0 Å². The van der Waals surface area contributed by atoms with E-state index in [1.807, 2.05) is 4.90 Å². The number of hydrogen-bond acceptors (Lipinski definition) is 7. The predicted octanol–water partition coefficient (Wildman–Crippen LogP) is 2.83. The molecule has 0 aliphatic carbocycles. The van der Waals surface area contributed by atoms with Crippen LogP contribution < -0.4 is 32.1 Å². The number of morpholine rings is 1. The summed E-state index contributed by atoms with van der Waals surface area (Å²) >= 11 is 12.5. The summed E-state index contributed by atoms with van der Waals surface area (Å²) in [6.45, 7) is 1.81. The van der Waals surface area contributed by atoms with Gasteiger partial charge in [-0.15, -0.1) is 0 Å². The minimum atomic E-state index is -4.19. The molecule has 1 amide bonds. The van der Waals surface area contributed by atoms with Crippen molar-refractivity contribution in [1.29, 1.82) is 0 Å². The molecule has 3 N–H and O–H groups in total. The molecule has 1 saturated heterocycles. The van der Waals surface area contributed by atoms with Gasteiger partial charge >= 0.3 is 0 Å². The molecule has 0 bridgehead atoms. The number of sulfonamides is 2. The minimum absolute atomic E-state index is 0. The van der Waals surface area contributed by atoms with Gasteiger partial charge in [-0.25, -0.2) is 21.2 Å². The van der Waals surface area contributed by atoms with Crippen LogP contribution in [0.4, 0.5) is 27.1 Å². The molecule has 0 aromatic heterocycles. The zero-order valence-corrected chi connectivity index (χ0v) is 27.0. The fourth-order valence-electron chi connectivity index (χ4n) is 4.38. The summed E-state index contributed by atoms with van der Waals surface area (Å²) in [5, 5.41) is 2.87. The van der Waals surface area contributed by atoms with Crippen molar-refractivity contribution in [2.75, 3.05) is 46.0 Å².